The van der Waals surface area contributed by atoms with Crippen LogP contribution < -0.4 is 4.74 Å². The second-order valence-corrected chi connectivity index (χ2v) is 7.88. The number of fused-ring (bicyclic) bond motifs is 3. The molecule has 144 valence electrons. The van der Waals surface area contributed by atoms with Crippen LogP contribution in [-0.2, 0) is 11.2 Å². The number of para-hydroxylation sites is 1. The zero-order valence-electron chi connectivity index (χ0n) is 16.3. The number of hydrogen-bond donors (Lipinski definition) is 1. The van der Waals surface area contributed by atoms with E-state index in [2.05, 4.69) is 46.3 Å². The van der Waals surface area contributed by atoms with Crippen LogP contribution in [0.25, 0.3) is 10.9 Å². The van der Waals surface area contributed by atoms with Gasteiger partial charge in [0.05, 0.1) is 12.6 Å². The number of nitrogens with zero attached hydrogens (tertiary/aromatic N) is 1. The van der Waals surface area contributed by atoms with E-state index in [1.165, 1.54) is 23.1 Å². The first-order chi connectivity index (χ1) is 13.8. The highest BCUT2D eigenvalue weighted by Gasteiger charge is 2.38. The Labute approximate surface area is 165 Å². The van der Waals surface area contributed by atoms with Gasteiger partial charge in [-0.1, -0.05) is 36.8 Å². The second-order valence-electron chi connectivity index (χ2n) is 7.88. The number of amides is 1. The van der Waals surface area contributed by atoms with Crippen LogP contribution in [0, 0.1) is 5.92 Å². The van der Waals surface area contributed by atoms with E-state index in [0.717, 1.165) is 42.6 Å². The van der Waals surface area contributed by atoms with Gasteiger partial charge in [0.2, 0.25) is 5.91 Å². The molecule has 1 amide bonds. The molecule has 2 aliphatic rings. The highest BCUT2D eigenvalue weighted by molar-refractivity contribution is 5.87. The quantitative estimate of drug-likeness (QED) is 0.710. The van der Waals surface area contributed by atoms with Crippen molar-refractivity contribution in [2.45, 2.75) is 38.6 Å². The van der Waals surface area contributed by atoms with E-state index >= 15 is 0 Å². The van der Waals surface area contributed by atoms with Crippen LogP contribution in [0.3, 0.4) is 0 Å². The number of aromatic amines is 1. The lowest BCUT2D eigenvalue weighted by molar-refractivity contribution is -0.140. The highest BCUT2D eigenvalue weighted by Crippen LogP contribution is 2.41. The second kappa shape index (κ2) is 7.01. The van der Waals surface area contributed by atoms with Crippen LogP contribution in [0.15, 0.2) is 48.5 Å². The van der Waals surface area contributed by atoms with E-state index in [-0.39, 0.29) is 12.0 Å². The highest BCUT2D eigenvalue weighted by atomic mass is 16.5. The van der Waals surface area contributed by atoms with Gasteiger partial charge in [0.25, 0.3) is 0 Å². The summed E-state index contributed by atoms with van der Waals surface area (Å²) in [6.45, 7) is 3.42. The van der Waals surface area contributed by atoms with Crippen molar-refractivity contribution in [1.82, 2.24) is 9.88 Å². The Bertz CT molecular complexity index is 1000. The molecule has 2 heterocycles. The number of rotatable bonds is 4. The molecule has 1 fully saturated rings. The van der Waals surface area contributed by atoms with Gasteiger partial charge in [-0.25, -0.2) is 0 Å². The van der Waals surface area contributed by atoms with Gasteiger partial charge in [-0.05, 0) is 55.5 Å². The van der Waals surface area contributed by atoms with Crippen LogP contribution in [0.5, 0.6) is 5.75 Å². The predicted octanol–water partition coefficient (Wildman–Crippen LogP) is 4.84. The standard InChI is InChI=1S/C24H26N2O2/c1-2-28-18-12-10-16(11-13-18)23-22-20(19-8-3-4-9-21(19)25-22)14-15-26(23)24(27)17-6-5-7-17/h3-4,8-13,17,23,25H,2,5-7,14-15H2,1H3/t23-/m0/s1. The molecule has 2 aromatic carbocycles. The van der Waals surface area contributed by atoms with E-state index in [1.807, 2.05) is 19.1 Å². The van der Waals surface area contributed by atoms with Crippen LogP contribution >= 0.6 is 0 Å². The summed E-state index contributed by atoms with van der Waals surface area (Å²) in [6, 6.07) is 16.7. The first-order valence-electron chi connectivity index (χ1n) is 10.4. The molecule has 1 atom stereocenters. The maximum absolute atomic E-state index is 13.2. The summed E-state index contributed by atoms with van der Waals surface area (Å²) in [5, 5.41) is 1.28. The third-order valence-electron chi connectivity index (χ3n) is 6.28. The number of ether oxygens (including phenoxy) is 1. The molecule has 3 aromatic rings. The summed E-state index contributed by atoms with van der Waals surface area (Å²) >= 11 is 0. The molecule has 1 N–H and O–H groups in total. The molecule has 1 saturated carbocycles. The van der Waals surface area contributed by atoms with Gasteiger partial charge < -0.3 is 14.6 Å². The Morgan fingerprint density at radius 1 is 1.14 bits per heavy atom. The van der Waals surface area contributed by atoms with Gasteiger partial charge in [0.1, 0.15) is 5.75 Å². The fourth-order valence-corrected chi connectivity index (χ4v) is 4.63. The Kier molecular flexibility index (Phi) is 4.34. The molecule has 0 radical (unpaired) electrons. The lowest BCUT2D eigenvalue weighted by atomic mass is 9.82. The molecule has 0 unspecified atom stereocenters. The number of hydrogen-bond acceptors (Lipinski definition) is 2. The molecule has 0 bridgehead atoms. The smallest absolute Gasteiger partial charge is 0.226 e. The minimum absolute atomic E-state index is 0.0556. The molecule has 28 heavy (non-hydrogen) atoms. The van der Waals surface area contributed by atoms with Crippen molar-refractivity contribution in [3.05, 3.63) is 65.4 Å². The van der Waals surface area contributed by atoms with Crippen molar-refractivity contribution in [3.63, 3.8) is 0 Å². The summed E-state index contributed by atoms with van der Waals surface area (Å²) in [7, 11) is 0. The number of nitrogens with one attached hydrogen (secondary N) is 1. The molecular formula is C24H26N2O2. The van der Waals surface area contributed by atoms with Crippen molar-refractivity contribution in [2.24, 2.45) is 5.92 Å². The third-order valence-corrected chi connectivity index (χ3v) is 6.28. The number of carbonyl (C=O) groups excluding carboxylic acids is 1. The molecule has 4 nitrogen and oxygen atoms in total. The maximum atomic E-state index is 13.2. The normalized spacial score (nSPS) is 19.3. The van der Waals surface area contributed by atoms with Gasteiger partial charge in [-0.15, -0.1) is 0 Å². The van der Waals surface area contributed by atoms with Crippen molar-refractivity contribution >= 4 is 16.8 Å². The monoisotopic (exact) mass is 374 g/mol. The van der Waals surface area contributed by atoms with Gasteiger partial charge in [-0.2, -0.15) is 0 Å². The summed E-state index contributed by atoms with van der Waals surface area (Å²) in [5.74, 6) is 1.39. The molecular weight excluding hydrogens is 348 g/mol. The van der Waals surface area contributed by atoms with Gasteiger partial charge in [-0.3, -0.25) is 4.79 Å². The SMILES string of the molecule is CCOc1ccc([C@H]2c3[nH]c4ccccc4c3CCN2C(=O)C2CCC2)cc1. The number of carbonyl (C=O) groups is 1. The Morgan fingerprint density at radius 3 is 2.64 bits per heavy atom. The first-order valence-corrected chi connectivity index (χ1v) is 10.4. The van der Waals surface area contributed by atoms with Crippen LogP contribution in [0.1, 0.15) is 49.0 Å². The zero-order chi connectivity index (χ0) is 19.1. The minimum Gasteiger partial charge on any atom is -0.494 e. The lowest BCUT2D eigenvalue weighted by Gasteiger charge is -2.40. The van der Waals surface area contributed by atoms with Gasteiger partial charge >= 0.3 is 0 Å². The topological polar surface area (TPSA) is 45.3 Å². The van der Waals surface area contributed by atoms with E-state index < -0.39 is 0 Å². The Hall–Kier alpha value is -2.75. The molecule has 5 rings (SSSR count). The van der Waals surface area contributed by atoms with Crippen molar-refractivity contribution in [3.8, 4) is 5.75 Å². The van der Waals surface area contributed by atoms with Crippen LogP contribution in [-0.4, -0.2) is 28.9 Å². The van der Waals surface area contributed by atoms with Crippen molar-refractivity contribution < 1.29 is 9.53 Å². The Balaban J connectivity index is 1.60. The minimum atomic E-state index is -0.0556. The largest absolute Gasteiger partial charge is 0.494 e. The number of aromatic nitrogens is 1. The number of benzene rings is 2. The Morgan fingerprint density at radius 2 is 1.93 bits per heavy atom. The molecule has 4 heteroatoms. The first kappa shape index (κ1) is 17.4. The summed E-state index contributed by atoms with van der Waals surface area (Å²) < 4.78 is 5.62. The van der Waals surface area contributed by atoms with Crippen LogP contribution in [0.2, 0.25) is 0 Å². The predicted molar refractivity (Wildman–Crippen MR) is 111 cm³/mol. The summed E-state index contributed by atoms with van der Waals surface area (Å²) in [4.78, 5) is 19.0. The summed E-state index contributed by atoms with van der Waals surface area (Å²) in [5.41, 5.74) is 4.82. The summed E-state index contributed by atoms with van der Waals surface area (Å²) in [6.07, 6.45) is 4.15. The number of H-pyrrole nitrogens is 1. The van der Waals surface area contributed by atoms with E-state index in [1.54, 1.807) is 0 Å². The van der Waals surface area contributed by atoms with E-state index in [9.17, 15) is 4.79 Å². The van der Waals surface area contributed by atoms with E-state index in [4.69, 9.17) is 4.74 Å². The molecule has 0 saturated heterocycles. The average Bonchev–Trinajstić information content (AvgIpc) is 3.05. The molecule has 1 aromatic heterocycles. The zero-order valence-corrected chi connectivity index (χ0v) is 16.3. The molecule has 0 spiro atoms. The third kappa shape index (κ3) is 2.79. The van der Waals surface area contributed by atoms with Crippen molar-refractivity contribution in [1.29, 1.82) is 0 Å². The van der Waals surface area contributed by atoms with Gasteiger partial charge in [0, 0.05) is 29.1 Å². The maximum Gasteiger partial charge on any atom is 0.226 e. The van der Waals surface area contributed by atoms with E-state index in [0.29, 0.717) is 12.5 Å². The average molecular weight is 374 g/mol. The fourth-order valence-electron chi connectivity index (χ4n) is 4.63. The van der Waals surface area contributed by atoms with Crippen molar-refractivity contribution in [2.75, 3.05) is 13.2 Å². The van der Waals surface area contributed by atoms with Crippen LogP contribution in [0.4, 0.5) is 0 Å². The molecule has 1 aliphatic carbocycles. The molecule has 1 aliphatic heterocycles. The fraction of sp³-hybridized carbons (Fsp3) is 0.375. The van der Waals surface area contributed by atoms with Gasteiger partial charge in [0.15, 0.2) is 0 Å². The lowest BCUT2D eigenvalue weighted by Crippen LogP contribution is -2.45.